The van der Waals surface area contributed by atoms with Crippen molar-refractivity contribution in [3.8, 4) is 0 Å². The van der Waals surface area contributed by atoms with E-state index in [0.29, 0.717) is 45.7 Å². The van der Waals surface area contributed by atoms with Gasteiger partial charge in [-0.25, -0.2) is 4.98 Å². The van der Waals surface area contributed by atoms with E-state index in [1.54, 1.807) is 0 Å². The quantitative estimate of drug-likeness (QED) is 0.834. The Kier molecular flexibility index (Phi) is 7.96. The summed E-state index contributed by atoms with van der Waals surface area (Å²) in [6.07, 6.45) is 3.21. The number of para-hydroxylation sites is 2. The van der Waals surface area contributed by atoms with Gasteiger partial charge in [-0.05, 0) is 25.0 Å². The zero-order valence-electron chi connectivity index (χ0n) is 13.4. The molecule has 6 nitrogen and oxygen atoms in total. The molecule has 3 rings (SSSR count). The highest BCUT2D eigenvalue weighted by molar-refractivity contribution is 5.85. The molecule has 3 N–H and O–H groups in total. The van der Waals surface area contributed by atoms with Crippen LogP contribution in [-0.4, -0.2) is 41.8 Å². The van der Waals surface area contributed by atoms with Gasteiger partial charge in [0.2, 0.25) is 5.91 Å². The monoisotopic (exact) mass is 374 g/mol. The number of ether oxygens (including phenoxy) is 1. The van der Waals surface area contributed by atoms with Crippen LogP contribution in [-0.2, 0) is 16.1 Å². The van der Waals surface area contributed by atoms with E-state index in [-0.39, 0.29) is 30.7 Å². The van der Waals surface area contributed by atoms with Crippen LogP contribution >= 0.6 is 24.8 Å². The van der Waals surface area contributed by atoms with Gasteiger partial charge in [-0.2, -0.15) is 0 Å². The van der Waals surface area contributed by atoms with E-state index in [1.165, 1.54) is 0 Å². The maximum atomic E-state index is 12.5. The lowest BCUT2D eigenvalue weighted by molar-refractivity contribution is -0.135. The molecule has 8 heteroatoms. The van der Waals surface area contributed by atoms with Gasteiger partial charge in [-0.3, -0.25) is 4.79 Å². The van der Waals surface area contributed by atoms with E-state index in [2.05, 4.69) is 14.9 Å². The maximum Gasteiger partial charge on any atom is 0.227 e. The summed E-state index contributed by atoms with van der Waals surface area (Å²) in [5.41, 5.74) is 7.43. The van der Waals surface area contributed by atoms with Crippen molar-refractivity contribution in [1.82, 2.24) is 14.9 Å². The Bertz CT molecular complexity index is 656. The lowest BCUT2D eigenvalue weighted by Gasteiger charge is -2.34. The summed E-state index contributed by atoms with van der Waals surface area (Å²) in [5.74, 6) is 0.0442. The number of aromatic nitrogens is 2. The topological polar surface area (TPSA) is 82.2 Å². The Hall–Kier alpha value is -1.34. The molecule has 1 fully saturated rings. The van der Waals surface area contributed by atoms with Crippen molar-refractivity contribution in [2.24, 2.45) is 11.1 Å². The van der Waals surface area contributed by atoms with Crippen LogP contribution in [0.15, 0.2) is 30.6 Å². The first-order valence-electron chi connectivity index (χ1n) is 7.71. The number of imidazole rings is 1. The fourth-order valence-electron chi connectivity index (χ4n) is 2.95. The number of nitrogens with zero attached hydrogens (tertiary/aromatic N) is 2. The number of carbonyl (C=O) groups excluding carboxylic acids is 1. The number of hydrogen-bond donors (Lipinski definition) is 2. The molecule has 0 aliphatic carbocycles. The summed E-state index contributed by atoms with van der Waals surface area (Å²) in [5, 5.41) is 3.02. The second kappa shape index (κ2) is 9.22. The van der Waals surface area contributed by atoms with Crippen LogP contribution in [0.2, 0.25) is 0 Å². The SMILES string of the molecule is Cl.Cl.NCC1(C(=O)NCCn2cnc3ccccc32)CCOCC1. The van der Waals surface area contributed by atoms with Gasteiger partial charge in [0.05, 0.1) is 22.8 Å². The van der Waals surface area contributed by atoms with Gasteiger partial charge in [-0.1, -0.05) is 12.1 Å². The van der Waals surface area contributed by atoms with Crippen molar-refractivity contribution in [2.75, 3.05) is 26.3 Å². The van der Waals surface area contributed by atoms with E-state index in [4.69, 9.17) is 10.5 Å². The maximum absolute atomic E-state index is 12.5. The molecule has 0 saturated carbocycles. The number of benzene rings is 1. The van der Waals surface area contributed by atoms with Crippen LogP contribution in [0.5, 0.6) is 0 Å². The Morgan fingerprint density at radius 3 is 2.71 bits per heavy atom. The number of nitrogens with one attached hydrogen (secondary N) is 1. The summed E-state index contributed by atoms with van der Waals surface area (Å²) >= 11 is 0. The minimum atomic E-state index is -0.463. The molecule has 0 spiro atoms. The summed E-state index contributed by atoms with van der Waals surface area (Å²) in [6, 6.07) is 7.97. The molecule has 1 aromatic heterocycles. The molecule has 0 atom stereocenters. The molecule has 2 heterocycles. The van der Waals surface area contributed by atoms with Crippen molar-refractivity contribution in [1.29, 1.82) is 0 Å². The summed E-state index contributed by atoms with van der Waals surface area (Å²) < 4.78 is 7.39. The number of amides is 1. The van der Waals surface area contributed by atoms with Crippen LogP contribution in [0.1, 0.15) is 12.8 Å². The van der Waals surface area contributed by atoms with Crippen LogP contribution in [0.4, 0.5) is 0 Å². The molecule has 1 aliphatic heterocycles. The van der Waals surface area contributed by atoms with Crippen molar-refractivity contribution in [2.45, 2.75) is 19.4 Å². The number of hydrogen-bond acceptors (Lipinski definition) is 4. The van der Waals surface area contributed by atoms with Gasteiger partial charge in [0.1, 0.15) is 0 Å². The number of nitrogens with two attached hydrogens (primary N) is 1. The average molecular weight is 375 g/mol. The molecule has 1 aliphatic rings. The van der Waals surface area contributed by atoms with E-state index in [1.807, 2.05) is 30.6 Å². The second-order valence-electron chi connectivity index (χ2n) is 5.78. The molecule has 1 saturated heterocycles. The third-order valence-corrected chi connectivity index (χ3v) is 4.49. The lowest BCUT2D eigenvalue weighted by Crippen LogP contribution is -2.49. The number of rotatable bonds is 5. The normalized spacial score (nSPS) is 16.0. The smallest absolute Gasteiger partial charge is 0.227 e. The predicted octanol–water partition coefficient (Wildman–Crippen LogP) is 1.75. The summed E-state index contributed by atoms with van der Waals surface area (Å²) in [4.78, 5) is 16.8. The molecular weight excluding hydrogens is 351 g/mol. The van der Waals surface area contributed by atoms with Gasteiger partial charge in [0.25, 0.3) is 0 Å². The number of fused-ring (bicyclic) bond motifs is 1. The van der Waals surface area contributed by atoms with E-state index in [9.17, 15) is 4.79 Å². The first kappa shape index (κ1) is 20.7. The van der Waals surface area contributed by atoms with E-state index >= 15 is 0 Å². The van der Waals surface area contributed by atoms with Gasteiger partial charge in [-0.15, -0.1) is 24.8 Å². The fourth-order valence-corrected chi connectivity index (χ4v) is 2.95. The van der Waals surface area contributed by atoms with E-state index < -0.39 is 5.41 Å². The van der Waals surface area contributed by atoms with Crippen molar-refractivity contribution < 1.29 is 9.53 Å². The number of carbonyl (C=O) groups is 1. The summed E-state index contributed by atoms with van der Waals surface area (Å²) in [7, 11) is 0. The highest BCUT2D eigenvalue weighted by atomic mass is 35.5. The van der Waals surface area contributed by atoms with Crippen LogP contribution < -0.4 is 11.1 Å². The molecular formula is C16H24Cl2N4O2. The molecule has 0 radical (unpaired) electrons. The molecule has 24 heavy (non-hydrogen) atoms. The van der Waals surface area contributed by atoms with Gasteiger partial charge in [0, 0.05) is 32.8 Å². The standard InChI is InChI=1S/C16H22N4O2.2ClH/c17-11-16(5-9-22-10-6-16)15(21)18-7-8-20-12-19-13-3-1-2-4-14(13)20;;/h1-4,12H,5-11,17H2,(H,18,21);2*1H. The van der Waals surface area contributed by atoms with Crippen molar-refractivity contribution >= 4 is 41.8 Å². The molecule has 0 bridgehead atoms. The Morgan fingerprint density at radius 1 is 1.29 bits per heavy atom. The van der Waals surface area contributed by atoms with Crippen molar-refractivity contribution in [3.05, 3.63) is 30.6 Å². The van der Waals surface area contributed by atoms with Crippen LogP contribution in [0.3, 0.4) is 0 Å². The third-order valence-electron chi connectivity index (χ3n) is 4.49. The minimum Gasteiger partial charge on any atom is -0.381 e. The minimum absolute atomic E-state index is 0. The zero-order valence-corrected chi connectivity index (χ0v) is 15.1. The Balaban J connectivity index is 0.00000144. The largest absolute Gasteiger partial charge is 0.381 e. The summed E-state index contributed by atoms with van der Waals surface area (Å²) in [6.45, 7) is 2.86. The zero-order chi connectivity index (χ0) is 15.4. The van der Waals surface area contributed by atoms with Crippen molar-refractivity contribution in [3.63, 3.8) is 0 Å². The van der Waals surface area contributed by atoms with E-state index in [0.717, 1.165) is 11.0 Å². The molecule has 0 unspecified atom stereocenters. The first-order chi connectivity index (χ1) is 10.7. The first-order valence-corrected chi connectivity index (χ1v) is 7.71. The highest BCUT2D eigenvalue weighted by Gasteiger charge is 2.38. The molecule has 1 amide bonds. The highest BCUT2D eigenvalue weighted by Crippen LogP contribution is 2.29. The number of halogens is 2. The molecule has 134 valence electrons. The van der Waals surface area contributed by atoms with Gasteiger partial charge >= 0.3 is 0 Å². The second-order valence-corrected chi connectivity index (χ2v) is 5.78. The Labute approximate surface area is 154 Å². The molecule has 2 aromatic rings. The third kappa shape index (κ3) is 4.19. The van der Waals surface area contributed by atoms with Crippen LogP contribution in [0, 0.1) is 5.41 Å². The van der Waals surface area contributed by atoms with Gasteiger partial charge < -0.3 is 20.4 Å². The van der Waals surface area contributed by atoms with Gasteiger partial charge in [0.15, 0.2) is 0 Å². The molecule has 1 aromatic carbocycles. The lowest BCUT2D eigenvalue weighted by atomic mass is 9.79. The average Bonchev–Trinajstić information content (AvgIpc) is 2.99. The van der Waals surface area contributed by atoms with Crippen LogP contribution in [0.25, 0.3) is 11.0 Å². The fraction of sp³-hybridized carbons (Fsp3) is 0.500. The predicted molar refractivity (Wildman–Crippen MR) is 98.8 cm³/mol. The Morgan fingerprint density at radius 2 is 2.00 bits per heavy atom.